The summed E-state index contributed by atoms with van der Waals surface area (Å²) in [5, 5.41) is 24.0. The first-order valence-electron chi connectivity index (χ1n) is 13.3. The maximum Gasteiger partial charge on any atom is 0.298 e. The second-order valence-electron chi connectivity index (χ2n) is 11.6. The molecule has 2 aromatic rings. The number of carbonyl (C=O) groups excluding carboxylic acids is 1. The zero-order valence-corrected chi connectivity index (χ0v) is 21.7. The number of hydrogen-bond donors (Lipinski definition) is 2. The van der Waals surface area contributed by atoms with Crippen LogP contribution in [0.25, 0.3) is 0 Å². The topological polar surface area (TPSA) is 73.2 Å². The summed E-state index contributed by atoms with van der Waals surface area (Å²) in [6, 6.07) is 10.6. The molecule has 2 bridgehead atoms. The Morgan fingerprint density at radius 3 is 2.73 bits per heavy atom. The predicted molar refractivity (Wildman–Crippen MR) is 140 cm³/mol. The Morgan fingerprint density at radius 1 is 1.19 bits per heavy atom. The highest BCUT2D eigenvalue weighted by Gasteiger charge is 2.73. The van der Waals surface area contributed by atoms with Gasteiger partial charge in [0.05, 0.1) is 17.1 Å². The number of carbonyl (C=O) groups is 1. The van der Waals surface area contributed by atoms with Crippen LogP contribution in [0.2, 0.25) is 5.02 Å². The normalized spacial score (nSPS) is 33.1. The van der Waals surface area contributed by atoms with Crippen LogP contribution in [-0.2, 0) is 16.6 Å². The van der Waals surface area contributed by atoms with E-state index >= 15 is 0 Å². The third kappa shape index (κ3) is 3.30. The zero-order valence-electron chi connectivity index (χ0n) is 20.9. The number of piperidine rings is 1. The van der Waals surface area contributed by atoms with Gasteiger partial charge in [-0.2, -0.15) is 0 Å². The van der Waals surface area contributed by atoms with E-state index in [0.717, 1.165) is 48.5 Å². The van der Waals surface area contributed by atoms with E-state index in [1.54, 1.807) is 42.3 Å². The number of amides is 1. The van der Waals surface area contributed by atoms with Gasteiger partial charge in [-0.15, -0.1) is 0 Å². The summed E-state index contributed by atoms with van der Waals surface area (Å²) >= 11 is 5.97. The molecule has 0 unspecified atom stereocenters. The fourth-order valence-electron chi connectivity index (χ4n) is 7.75. The highest BCUT2D eigenvalue weighted by molar-refractivity contribution is 6.30. The molecule has 7 rings (SSSR count). The van der Waals surface area contributed by atoms with E-state index in [0.29, 0.717) is 23.6 Å². The Balaban J connectivity index is 1.25. The largest absolute Gasteiger partial charge is 0.504 e. The highest BCUT2D eigenvalue weighted by atomic mass is 35.5. The number of aliphatic hydroxyl groups is 1. The summed E-state index contributed by atoms with van der Waals surface area (Å²) in [6.07, 6.45) is 4.82. The number of phenolic OH excluding ortho intramolecular Hbond substituents is 1. The van der Waals surface area contributed by atoms with Crippen molar-refractivity contribution in [3.05, 3.63) is 58.1 Å². The fraction of sp³-hybridized carbons (Fsp3) is 0.500. The lowest BCUT2D eigenvalue weighted by molar-refractivity contribution is -0.199. The van der Waals surface area contributed by atoms with Crippen LogP contribution in [0.1, 0.15) is 48.8 Å². The van der Waals surface area contributed by atoms with Crippen molar-refractivity contribution in [1.29, 1.82) is 0 Å². The second-order valence-corrected chi connectivity index (χ2v) is 12.0. The number of likely N-dealkylation sites (tertiary alicyclic amines) is 1. The van der Waals surface area contributed by atoms with Crippen LogP contribution in [0.4, 0.5) is 0 Å². The van der Waals surface area contributed by atoms with Gasteiger partial charge in [-0.3, -0.25) is 9.69 Å². The smallest absolute Gasteiger partial charge is 0.298 e. The standard InChI is InChI=1S/C30H31ClN2O4/c1-32(25(35)11-6-18-4-8-21(31)9-5-18)22-12-13-30(36)24-16-20-7-10-23(34)27-26(20)29(30,28(22)37-27)14-15-33(24)17-19-2-3-19/h4-5,7-10,19,22,24,28,34,36H,2-3,12-17H2,1H3/t22-,24-,28-,29-,30+/m0/s1. The number of likely N-dealkylation sites (N-methyl/N-ethyl adjacent to an activating group) is 1. The van der Waals surface area contributed by atoms with Crippen LogP contribution >= 0.6 is 11.6 Å². The van der Waals surface area contributed by atoms with Crippen LogP contribution in [0.3, 0.4) is 0 Å². The van der Waals surface area contributed by atoms with E-state index in [1.165, 1.54) is 12.8 Å². The number of aromatic hydroxyl groups is 1. The van der Waals surface area contributed by atoms with Crippen LogP contribution in [0.5, 0.6) is 11.5 Å². The maximum absolute atomic E-state index is 13.3. The molecule has 3 fully saturated rings. The molecule has 2 aromatic carbocycles. The minimum atomic E-state index is -0.966. The summed E-state index contributed by atoms with van der Waals surface area (Å²) < 4.78 is 6.58. The number of rotatable bonds is 3. The van der Waals surface area contributed by atoms with Gasteiger partial charge < -0.3 is 19.8 Å². The summed E-state index contributed by atoms with van der Waals surface area (Å²) in [6.45, 7) is 1.93. The molecular weight excluding hydrogens is 488 g/mol. The van der Waals surface area contributed by atoms with Crippen molar-refractivity contribution < 1.29 is 19.7 Å². The zero-order chi connectivity index (χ0) is 25.5. The monoisotopic (exact) mass is 518 g/mol. The van der Waals surface area contributed by atoms with E-state index in [9.17, 15) is 15.0 Å². The number of phenols is 1. The average molecular weight is 519 g/mol. The van der Waals surface area contributed by atoms with Crippen molar-refractivity contribution in [3.63, 3.8) is 0 Å². The molecule has 3 aliphatic carbocycles. The van der Waals surface area contributed by atoms with Crippen molar-refractivity contribution >= 4 is 17.5 Å². The first-order valence-corrected chi connectivity index (χ1v) is 13.7. The molecule has 192 valence electrons. The molecule has 7 heteroatoms. The van der Waals surface area contributed by atoms with E-state index in [-0.39, 0.29) is 23.7 Å². The molecule has 2 heterocycles. The lowest BCUT2D eigenvalue weighted by Crippen LogP contribution is -2.78. The highest BCUT2D eigenvalue weighted by Crippen LogP contribution is 2.66. The molecule has 0 radical (unpaired) electrons. The van der Waals surface area contributed by atoms with Gasteiger partial charge in [0.2, 0.25) is 0 Å². The van der Waals surface area contributed by atoms with E-state index in [1.807, 2.05) is 6.07 Å². The number of halogens is 1. The third-order valence-corrected chi connectivity index (χ3v) is 9.96. The van der Waals surface area contributed by atoms with Crippen LogP contribution in [0.15, 0.2) is 36.4 Å². The molecule has 1 amide bonds. The number of hydrogen-bond acceptors (Lipinski definition) is 5. The van der Waals surface area contributed by atoms with Gasteiger partial charge in [-0.1, -0.05) is 23.6 Å². The average Bonchev–Trinajstić information content (AvgIpc) is 3.63. The minimum Gasteiger partial charge on any atom is -0.504 e. The Bertz CT molecular complexity index is 1350. The van der Waals surface area contributed by atoms with E-state index in [2.05, 4.69) is 16.7 Å². The van der Waals surface area contributed by atoms with Crippen molar-refractivity contribution in [3.8, 4) is 23.3 Å². The Morgan fingerprint density at radius 2 is 1.97 bits per heavy atom. The predicted octanol–water partition coefficient (Wildman–Crippen LogP) is 3.49. The lowest BCUT2D eigenvalue weighted by Gasteiger charge is -2.64. The first-order chi connectivity index (χ1) is 17.8. The molecular formula is C30H31ClN2O4. The van der Waals surface area contributed by atoms with Gasteiger partial charge in [-0.25, -0.2) is 0 Å². The number of nitrogens with zero attached hydrogens (tertiary/aromatic N) is 2. The van der Waals surface area contributed by atoms with Crippen LogP contribution in [0, 0.1) is 17.8 Å². The lowest BCUT2D eigenvalue weighted by atomic mass is 9.48. The molecule has 2 aliphatic heterocycles. The fourth-order valence-corrected chi connectivity index (χ4v) is 7.88. The summed E-state index contributed by atoms with van der Waals surface area (Å²) in [7, 11) is 1.78. The molecule has 1 saturated heterocycles. The van der Waals surface area contributed by atoms with Crippen LogP contribution in [-0.4, -0.2) is 69.8 Å². The van der Waals surface area contributed by atoms with Crippen molar-refractivity contribution in [2.75, 3.05) is 20.1 Å². The van der Waals surface area contributed by atoms with Gasteiger partial charge in [0.1, 0.15) is 6.10 Å². The molecule has 1 spiro atoms. The third-order valence-electron chi connectivity index (χ3n) is 9.71. The summed E-state index contributed by atoms with van der Waals surface area (Å²) in [5.41, 5.74) is 1.23. The van der Waals surface area contributed by atoms with Crippen molar-refractivity contribution in [1.82, 2.24) is 9.80 Å². The van der Waals surface area contributed by atoms with Gasteiger partial charge >= 0.3 is 0 Å². The van der Waals surface area contributed by atoms with E-state index < -0.39 is 17.1 Å². The van der Waals surface area contributed by atoms with Gasteiger partial charge in [0.15, 0.2) is 11.5 Å². The molecule has 2 saturated carbocycles. The minimum absolute atomic E-state index is 0.0163. The molecule has 6 nitrogen and oxygen atoms in total. The number of benzene rings is 2. The van der Waals surface area contributed by atoms with Gasteiger partial charge in [-0.05, 0) is 86.9 Å². The Labute approximate surface area is 222 Å². The molecule has 0 aromatic heterocycles. The first kappa shape index (κ1) is 23.4. The summed E-state index contributed by atoms with van der Waals surface area (Å²) in [4.78, 5) is 17.5. The molecule has 5 aliphatic rings. The number of ether oxygens (including phenoxy) is 1. The van der Waals surface area contributed by atoms with Crippen LogP contribution < -0.4 is 4.74 Å². The van der Waals surface area contributed by atoms with Crippen molar-refractivity contribution in [2.45, 2.75) is 67.7 Å². The Hall–Kier alpha value is -2.72. The van der Waals surface area contributed by atoms with Gasteiger partial charge in [0.25, 0.3) is 5.91 Å². The SMILES string of the molecule is CN(C(=O)C#Cc1ccc(Cl)cc1)[C@H]1CC[C@@]2(O)[C@@H]3Cc4ccc(O)c5c4[C@@]2(CCN3CC2CC2)[C@H]1O5. The quantitative estimate of drug-likeness (QED) is 0.609. The maximum atomic E-state index is 13.3. The molecule has 37 heavy (non-hydrogen) atoms. The van der Waals surface area contributed by atoms with Gasteiger partial charge in [0, 0.05) is 41.7 Å². The second kappa shape index (κ2) is 8.14. The molecule has 2 N–H and O–H groups in total. The summed E-state index contributed by atoms with van der Waals surface area (Å²) in [5.74, 6) is 6.79. The Kier molecular flexibility index (Phi) is 5.15. The van der Waals surface area contributed by atoms with E-state index in [4.69, 9.17) is 16.3 Å². The van der Waals surface area contributed by atoms with Crippen molar-refractivity contribution in [2.24, 2.45) is 5.92 Å². The molecule has 5 atom stereocenters.